The molecule has 0 aliphatic rings. The van der Waals surface area contributed by atoms with Crippen LogP contribution in [0.3, 0.4) is 0 Å². The van der Waals surface area contributed by atoms with E-state index in [0.29, 0.717) is 22.5 Å². The Morgan fingerprint density at radius 1 is 1.25 bits per heavy atom. The van der Waals surface area contributed by atoms with E-state index in [1.807, 2.05) is 36.7 Å². The van der Waals surface area contributed by atoms with Gasteiger partial charge in [0.25, 0.3) is 5.56 Å². The molecule has 0 aliphatic carbocycles. The van der Waals surface area contributed by atoms with Crippen molar-refractivity contribution in [3.8, 4) is 6.07 Å². The second-order valence-electron chi connectivity index (χ2n) is 7.64. The van der Waals surface area contributed by atoms with E-state index in [9.17, 15) is 14.9 Å². The number of hydrogen-bond donors (Lipinski definition) is 1. The van der Waals surface area contributed by atoms with E-state index in [-0.39, 0.29) is 23.2 Å². The Hall–Kier alpha value is -3.50. The molecule has 8 heteroatoms. The van der Waals surface area contributed by atoms with Gasteiger partial charge in [-0.3, -0.25) is 4.79 Å². The molecule has 1 unspecified atom stereocenters. The molecule has 32 heavy (non-hydrogen) atoms. The van der Waals surface area contributed by atoms with Crippen LogP contribution in [0.4, 0.5) is 5.69 Å². The molecule has 0 spiro atoms. The molecule has 7 nitrogen and oxygen atoms in total. The summed E-state index contributed by atoms with van der Waals surface area (Å²) in [6.07, 6.45) is 3.51. The van der Waals surface area contributed by atoms with Crippen LogP contribution >= 0.6 is 11.6 Å². The van der Waals surface area contributed by atoms with Crippen LogP contribution in [0.2, 0.25) is 5.02 Å². The third-order valence-electron chi connectivity index (χ3n) is 5.10. The zero-order valence-corrected chi connectivity index (χ0v) is 19.2. The fourth-order valence-electron chi connectivity index (χ4n) is 3.57. The lowest BCUT2D eigenvalue weighted by Crippen LogP contribution is -2.23. The number of nitrogens with zero attached hydrogens (tertiary/aromatic N) is 3. The Bertz CT molecular complexity index is 1190. The van der Waals surface area contributed by atoms with E-state index in [4.69, 9.17) is 16.3 Å². The summed E-state index contributed by atoms with van der Waals surface area (Å²) in [5.74, 6) is -0.416. The minimum absolute atomic E-state index is 0.0691. The van der Waals surface area contributed by atoms with Gasteiger partial charge in [-0.1, -0.05) is 23.7 Å². The van der Waals surface area contributed by atoms with Gasteiger partial charge in [0.15, 0.2) is 0 Å². The first-order chi connectivity index (χ1) is 15.3. The monoisotopic (exact) mass is 452 g/mol. The number of carbonyl (C=O) groups is 1. The third kappa shape index (κ3) is 4.71. The van der Waals surface area contributed by atoms with Gasteiger partial charge in [-0.2, -0.15) is 5.26 Å². The number of benzene rings is 1. The molecule has 1 atom stereocenters. The molecular weight excluding hydrogens is 428 g/mol. The Labute approximate surface area is 191 Å². The molecule has 2 aromatic heterocycles. The number of ether oxygens (including phenoxy) is 1. The number of anilines is 1. The molecule has 0 radical (unpaired) electrons. The van der Waals surface area contributed by atoms with Gasteiger partial charge in [0.2, 0.25) is 0 Å². The fourth-order valence-corrected chi connectivity index (χ4v) is 3.82. The number of aromatic nitrogens is 2. The predicted molar refractivity (Wildman–Crippen MR) is 124 cm³/mol. The Balaban J connectivity index is 2.21. The van der Waals surface area contributed by atoms with E-state index in [2.05, 4.69) is 11.4 Å². The molecular formula is C24H25ClN4O3. The van der Waals surface area contributed by atoms with Crippen LogP contribution in [-0.4, -0.2) is 21.7 Å². The predicted octanol–water partition coefficient (Wildman–Crippen LogP) is 4.67. The van der Waals surface area contributed by atoms with Crippen LogP contribution in [-0.2, 0) is 11.8 Å². The third-order valence-corrected chi connectivity index (χ3v) is 5.38. The molecule has 2 heterocycles. The lowest BCUT2D eigenvalue weighted by molar-refractivity contribution is 0.0524. The van der Waals surface area contributed by atoms with Crippen LogP contribution in [0.25, 0.3) is 0 Å². The van der Waals surface area contributed by atoms with Crippen molar-refractivity contribution in [1.82, 2.24) is 9.13 Å². The van der Waals surface area contributed by atoms with E-state index in [1.165, 1.54) is 4.57 Å². The molecule has 0 aliphatic heterocycles. The van der Waals surface area contributed by atoms with Crippen molar-refractivity contribution in [2.24, 2.45) is 7.05 Å². The Kier molecular flexibility index (Phi) is 7.06. The summed E-state index contributed by atoms with van der Waals surface area (Å²) in [6.45, 7) is 6.07. The summed E-state index contributed by atoms with van der Waals surface area (Å²) in [6, 6.07) is 12.2. The number of halogens is 1. The Morgan fingerprint density at radius 2 is 1.94 bits per heavy atom. The summed E-state index contributed by atoms with van der Waals surface area (Å²) in [5.41, 5.74) is 2.83. The molecule has 0 saturated heterocycles. The zero-order chi connectivity index (χ0) is 23.4. The maximum absolute atomic E-state index is 12.8. The highest BCUT2D eigenvalue weighted by Gasteiger charge is 2.27. The Morgan fingerprint density at radius 3 is 2.50 bits per heavy atom. The van der Waals surface area contributed by atoms with Gasteiger partial charge >= 0.3 is 5.97 Å². The lowest BCUT2D eigenvalue weighted by Gasteiger charge is -2.26. The van der Waals surface area contributed by atoms with Gasteiger partial charge in [0.1, 0.15) is 5.02 Å². The number of carbonyl (C=O) groups excluding carboxylic acids is 1. The highest BCUT2D eigenvalue weighted by atomic mass is 35.5. The summed E-state index contributed by atoms with van der Waals surface area (Å²) < 4.78 is 8.70. The number of nitrogens with one attached hydrogen (secondary N) is 1. The summed E-state index contributed by atoms with van der Waals surface area (Å²) in [5, 5.41) is 12.7. The highest BCUT2D eigenvalue weighted by molar-refractivity contribution is 6.30. The van der Waals surface area contributed by atoms with E-state index in [0.717, 1.165) is 5.56 Å². The maximum atomic E-state index is 12.8. The van der Waals surface area contributed by atoms with Crippen LogP contribution in [0.15, 0.2) is 53.6 Å². The second kappa shape index (κ2) is 9.75. The summed E-state index contributed by atoms with van der Waals surface area (Å²) in [4.78, 5) is 24.8. The van der Waals surface area contributed by atoms with Crippen LogP contribution in [0.1, 0.15) is 60.0 Å². The van der Waals surface area contributed by atoms with Crippen molar-refractivity contribution >= 4 is 23.3 Å². The van der Waals surface area contributed by atoms with Crippen LogP contribution < -0.4 is 10.9 Å². The van der Waals surface area contributed by atoms with Crippen molar-refractivity contribution in [3.05, 3.63) is 86.6 Å². The number of rotatable bonds is 7. The van der Waals surface area contributed by atoms with Crippen molar-refractivity contribution in [2.45, 2.75) is 32.9 Å². The van der Waals surface area contributed by atoms with E-state index < -0.39 is 12.0 Å². The summed E-state index contributed by atoms with van der Waals surface area (Å²) >= 11 is 6.13. The minimum Gasteiger partial charge on any atom is -0.462 e. The molecule has 1 N–H and O–H groups in total. The van der Waals surface area contributed by atoms with Crippen molar-refractivity contribution in [1.29, 1.82) is 5.26 Å². The van der Waals surface area contributed by atoms with Gasteiger partial charge < -0.3 is 19.2 Å². The first kappa shape index (κ1) is 23.2. The SMILES string of the molecule is CCOC(=O)c1ccn(C(C)C)c1C(Nc1cc(Cl)c(=O)n(C)c1)c1ccc(C#N)cc1. The normalized spacial score (nSPS) is 11.8. The molecule has 3 aromatic rings. The zero-order valence-electron chi connectivity index (χ0n) is 18.4. The quantitative estimate of drug-likeness (QED) is 0.526. The van der Waals surface area contributed by atoms with Gasteiger partial charge in [-0.25, -0.2) is 4.79 Å². The molecule has 0 fully saturated rings. The number of hydrogen-bond acceptors (Lipinski definition) is 5. The van der Waals surface area contributed by atoms with Gasteiger partial charge in [-0.15, -0.1) is 0 Å². The van der Waals surface area contributed by atoms with Crippen LogP contribution in [0.5, 0.6) is 0 Å². The standard InChI is InChI=1S/C24H25ClN4O3/c1-5-32-24(31)19-10-11-29(15(2)3)22(19)21(17-8-6-16(13-26)7-9-17)27-18-12-20(25)23(30)28(4)14-18/h6-12,14-15,21,27H,5H2,1-4H3. The lowest BCUT2D eigenvalue weighted by atomic mass is 9.98. The average Bonchev–Trinajstić information content (AvgIpc) is 3.21. The number of aryl methyl sites for hydroxylation is 1. The van der Waals surface area contributed by atoms with Gasteiger partial charge in [-0.05, 0) is 50.6 Å². The first-order valence-electron chi connectivity index (χ1n) is 10.3. The van der Waals surface area contributed by atoms with E-state index >= 15 is 0 Å². The van der Waals surface area contributed by atoms with Gasteiger partial charge in [0.05, 0.1) is 41.2 Å². The molecule has 0 saturated carbocycles. The first-order valence-corrected chi connectivity index (χ1v) is 10.6. The van der Waals surface area contributed by atoms with Crippen molar-refractivity contribution < 1.29 is 9.53 Å². The van der Waals surface area contributed by atoms with Crippen molar-refractivity contribution in [2.75, 3.05) is 11.9 Å². The smallest absolute Gasteiger partial charge is 0.340 e. The number of nitriles is 1. The fraction of sp³-hybridized carbons (Fsp3) is 0.292. The number of esters is 1. The van der Waals surface area contributed by atoms with Crippen molar-refractivity contribution in [3.63, 3.8) is 0 Å². The minimum atomic E-state index is -0.479. The highest BCUT2D eigenvalue weighted by Crippen LogP contribution is 2.33. The van der Waals surface area contributed by atoms with Gasteiger partial charge in [0, 0.05) is 25.5 Å². The van der Waals surface area contributed by atoms with Crippen LogP contribution in [0, 0.1) is 11.3 Å². The topological polar surface area (TPSA) is 89.0 Å². The van der Waals surface area contributed by atoms with E-state index in [1.54, 1.807) is 44.4 Å². The average molecular weight is 453 g/mol. The molecule has 3 rings (SSSR count). The molecule has 1 aromatic carbocycles. The molecule has 0 amide bonds. The maximum Gasteiger partial charge on any atom is 0.340 e. The number of pyridine rings is 1. The second-order valence-corrected chi connectivity index (χ2v) is 8.05. The molecule has 0 bridgehead atoms. The summed E-state index contributed by atoms with van der Waals surface area (Å²) in [7, 11) is 1.62. The largest absolute Gasteiger partial charge is 0.462 e. The molecule has 166 valence electrons.